The first-order valence-electron chi connectivity index (χ1n) is 4.33. The first-order valence-corrected chi connectivity index (χ1v) is 4.33. The summed E-state index contributed by atoms with van der Waals surface area (Å²) in [4.78, 5) is 2.29. The van der Waals surface area contributed by atoms with Gasteiger partial charge in [-0.25, -0.2) is 0 Å². The number of aliphatic hydroxyl groups is 1. The van der Waals surface area contributed by atoms with Crippen molar-refractivity contribution in [1.82, 2.24) is 4.90 Å². The van der Waals surface area contributed by atoms with Gasteiger partial charge in [0.1, 0.15) is 6.10 Å². The molecule has 4 fully saturated rings. The van der Waals surface area contributed by atoms with Crippen molar-refractivity contribution in [3.63, 3.8) is 0 Å². The molecule has 4 rings (SSSR count). The van der Waals surface area contributed by atoms with Gasteiger partial charge in [-0.1, -0.05) is 0 Å². The molecule has 0 aromatic rings. The van der Waals surface area contributed by atoms with Gasteiger partial charge in [0, 0.05) is 12.1 Å². The van der Waals surface area contributed by atoms with Gasteiger partial charge in [-0.2, -0.15) is 0 Å². The van der Waals surface area contributed by atoms with E-state index in [-0.39, 0.29) is 12.2 Å². The summed E-state index contributed by atoms with van der Waals surface area (Å²) in [5.41, 5.74) is 0. The number of aliphatic hydroxyl groups excluding tert-OH is 1. The highest BCUT2D eigenvalue weighted by Gasteiger charge is 2.57. The standard InChI is InChI=1S/C8H13NO2/c1-9-5-2-4-3-6(9)8(11-4)7(5)10/h4-8,10H,2-3H2,1H3/t4?,5?,6-,7?,8?/m0/s1. The van der Waals surface area contributed by atoms with Crippen LogP contribution in [-0.2, 0) is 4.74 Å². The Bertz CT molecular complexity index is 175. The van der Waals surface area contributed by atoms with Gasteiger partial charge in [0.25, 0.3) is 0 Å². The molecule has 0 aliphatic carbocycles. The fourth-order valence-corrected chi connectivity index (χ4v) is 2.91. The van der Waals surface area contributed by atoms with Crippen LogP contribution in [0.2, 0.25) is 0 Å². The van der Waals surface area contributed by atoms with Crippen LogP contribution in [0, 0.1) is 0 Å². The summed E-state index contributed by atoms with van der Waals surface area (Å²) in [6, 6.07) is 0.895. The Morgan fingerprint density at radius 1 is 1.36 bits per heavy atom. The highest BCUT2D eigenvalue weighted by atomic mass is 16.5. The summed E-state index contributed by atoms with van der Waals surface area (Å²) in [7, 11) is 2.10. The minimum atomic E-state index is -0.219. The number of likely N-dealkylation sites (N-methyl/N-ethyl adjacent to an activating group) is 1. The lowest BCUT2D eigenvalue weighted by molar-refractivity contribution is -0.0758. The van der Waals surface area contributed by atoms with Gasteiger partial charge in [-0.05, 0) is 19.9 Å². The van der Waals surface area contributed by atoms with Crippen LogP contribution in [0.25, 0.3) is 0 Å². The summed E-state index contributed by atoms with van der Waals surface area (Å²) in [5, 5.41) is 9.71. The normalized spacial score (nSPS) is 61.1. The van der Waals surface area contributed by atoms with Crippen LogP contribution in [0.5, 0.6) is 0 Å². The number of ether oxygens (including phenoxy) is 1. The molecule has 3 nitrogen and oxygen atoms in total. The van der Waals surface area contributed by atoms with E-state index in [0.717, 1.165) is 12.8 Å². The summed E-state index contributed by atoms with van der Waals surface area (Å²) in [5.74, 6) is 0. The smallest absolute Gasteiger partial charge is 0.101 e. The van der Waals surface area contributed by atoms with Gasteiger partial charge in [-0.15, -0.1) is 0 Å². The third kappa shape index (κ3) is 0.604. The van der Waals surface area contributed by atoms with E-state index in [1.165, 1.54) is 0 Å². The van der Waals surface area contributed by atoms with Crippen LogP contribution in [0.1, 0.15) is 12.8 Å². The molecule has 4 unspecified atom stereocenters. The number of nitrogens with zero attached hydrogens (tertiary/aromatic N) is 1. The Morgan fingerprint density at radius 2 is 2.09 bits per heavy atom. The molecule has 0 saturated carbocycles. The predicted molar refractivity (Wildman–Crippen MR) is 39.2 cm³/mol. The van der Waals surface area contributed by atoms with Gasteiger partial charge < -0.3 is 9.84 Å². The summed E-state index contributed by atoms with van der Waals surface area (Å²) < 4.78 is 5.64. The average molecular weight is 155 g/mol. The van der Waals surface area contributed by atoms with Gasteiger partial charge in [0.2, 0.25) is 0 Å². The Hall–Kier alpha value is -0.120. The molecule has 0 aromatic heterocycles. The van der Waals surface area contributed by atoms with Crippen molar-refractivity contribution in [1.29, 1.82) is 0 Å². The van der Waals surface area contributed by atoms with Crippen molar-refractivity contribution < 1.29 is 9.84 Å². The Kier molecular flexibility index (Phi) is 1.04. The van der Waals surface area contributed by atoms with Crippen molar-refractivity contribution in [3.8, 4) is 0 Å². The average Bonchev–Trinajstić information content (AvgIpc) is 2.39. The van der Waals surface area contributed by atoms with Crippen LogP contribution in [0.3, 0.4) is 0 Å². The first-order chi connectivity index (χ1) is 5.27. The fourth-order valence-electron chi connectivity index (χ4n) is 2.91. The maximum atomic E-state index is 9.71. The molecule has 4 aliphatic rings. The third-order valence-electron chi connectivity index (χ3n) is 3.51. The molecule has 3 heteroatoms. The zero-order valence-electron chi connectivity index (χ0n) is 6.60. The summed E-state index contributed by atoms with van der Waals surface area (Å²) in [6.07, 6.45) is 2.53. The molecule has 0 amide bonds. The Morgan fingerprint density at radius 3 is 2.73 bits per heavy atom. The topological polar surface area (TPSA) is 32.7 Å². The van der Waals surface area contributed by atoms with Gasteiger partial charge >= 0.3 is 0 Å². The molecule has 0 spiro atoms. The Balaban J connectivity index is 2.00. The van der Waals surface area contributed by atoms with Crippen LogP contribution >= 0.6 is 0 Å². The van der Waals surface area contributed by atoms with E-state index in [2.05, 4.69) is 11.9 Å². The van der Waals surface area contributed by atoms with E-state index in [1.54, 1.807) is 0 Å². The van der Waals surface area contributed by atoms with Crippen molar-refractivity contribution in [2.45, 2.75) is 43.2 Å². The molecule has 5 atom stereocenters. The van der Waals surface area contributed by atoms with E-state index >= 15 is 0 Å². The minimum Gasteiger partial charge on any atom is -0.389 e. The quantitative estimate of drug-likeness (QED) is 0.516. The SMILES string of the molecule is CN1C2CC3C[C@H]1C(O3)C2O. The second-order valence-electron chi connectivity index (χ2n) is 3.98. The second-order valence-corrected chi connectivity index (χ2v) is 3.98. The van der Waals surface area contributed by atoms with Crippen molar-refractivity contribution in [3.05, 3.63) is 0 Å². The van der Waals surface area contributed by atoms with Gasteiger partial charge in [0.15, 0.2) is 0 Å². The highest BCUT2D eigenvalue weighted by molar-refractivity contribution is 5.10. The van der Waals surface area contributed by atoms with Crippen LogP contribution in [0.4, 0.5) is 0 Å². The van der Waals surface area contributed by atoms with Gasteiger partial charge in [-0.3, -0.25) is 4.90 Å². The Labute approximate surface area is 65.9 Å². The van der Waals surface area contributed by atoms with Crippen molar-refractivity contribution >= 4 is 0 Å². The predicted octanol–water partition coefficient (Wildman–Crippen LogP) is -0.409. The maximum absolute atomic E-state index is 9.71. The van der Waals surface area contributed by atoms with E-state index in [9.17, 15) is 5.11 Å². The zero-order valence-corrected chi connectivity index (χ0v) is 6.60. The molecule has 4 bridgehead atoms. The van der Waals surface area contributed by atoms with Gasteiger partial charge in [0.05, 0.1) is 12.2 Å². The zero-order chi connectivity index (χ0) is 7.59. The molecule has 4 heterocycles. The monoisotopic (exact) mass is 155 g/mol. The van der Waals surface area contributed by atoms with Crippen molar-refractivity contribution in [2.24, 2.45) is 0 Å². The number of hydrogen-bond acceptors (Lipinski definition) is 3. The third-order valence-corrected chi connectivity index (χ3v) is 3.51. The summed E-state index contributed by atoms with van der Waals surface area (Å²) >= 11 is 0. The molecule has 11 heavy (non-hydrogen) atoms. The van der Waals surface area contributed by atoms with Crippen molar-refractivity contribution in [2.75, 3.05) is 7.05 Å². The fraction of sp³-hybridized carbons (Fsp3) is 1.00. The van der Waals surface area contributed by atoms with E-state index < -0.39 is 0 Å². The molecular formula is C8H13NO2. The summed E-state index contributed by atoms with van der Waals surface area (Å²) in [6.45, 7) is 0. The molecule has 4 aliphatic heterocycles. The first kappa shape index (κ1) is 6.40. The van der Waals surface area contributed by atoms with E-state index in [0.29, 0.717) is 18.2 Å². The minimum absolute atomic E-state index is 0.128. The molecule has 4 saturated heterocycles. The lowest BCUT2D eigenvalue weighted by Gasteiger charge is -2.33. The lowest BCUT2D eigenvalue weighted by Crippen LogP contribution is -2.44. The van der Waals surface area contributed by atoms with Crippen LogP contribution in [0.15, 0.2) is 0 Å². The highest BCUT2D eigenvalue weighted by Crippen LogP contribution is 2.44. The second kappa shape index (κ2) is 1.79. The molecule has 0 radical (unpaired) electrons. The van der Waals surface area contributed by atoms with Crippen LogP contribution < -0.4 is 0 Å². The molecule has 1 N–H and O–H groups in total. The molecule has 0 aromatic carbocycles. The molecular weight excluding hydrogens is 142 g/mol. The largest absolute Gasteiger partial charge is 0.389 e. The van der Waals surface area contributed by atoms with Crippen LogP contribution in [-0.4, -0.2) is 47.4 Å². The molecule has 62 valence electrons. The van der Waals surface area contributed by atoms with E-state index in [4.69, 9.17) is 4.74 Å². The van der Waals surface area contributed by atoms with E-state index in [1.807, 2.05) is 0 Å². The number of rotatable bonds is 0. The number of hydrogen-bond donors (Lipinski definition) is 1. The lowest BCUT2D eigenvalue weighted by atomic mass is 10.0. The maximum Gasteiger partial charge on any atom is 0.101 e. The number of piperidine rings is 1.